The summed E-state index contributed by atoms with van der Waals surface area (Å²) in [7, 11) is 0. The molecule has 0 saturated carbocycles. The highest BCUT2D eigenvalue weighted by Crippen LogP contribution is 2.27. The maximum Gasteiger partial charge on any atom is 0.243 e. The second kappa shape index (κ2) is 18.9. The predicted octanol–water partition coefficient (Wildman–Crippen LogP) is 2.72. The van der Waals surface area contributed by atoms with Gasteiger partial charge in [-0.3, -0.25) is 34.1 Å². The molecule has 6 amide bonds. The van der Waals surface area contributed by atoms with Crippen molar-refractivity contribution in [2.45, 2.75) is 137 Å². The minimum atomic E-state index is -1.13. The van der Waals surface area contributed by atoms with E-state index in [1.54, 1.807) is 20.0 Å². The molecule has 2 fully saturated rings. The number of thioether (sulfide) groups is 1. The normalized spacial score (nSPS) is 28.1. The average molecular weight is 797 g/mol. The van der Waals surface area contributed by atoms with Crippen molar-refractivity contribution in [1.29, 1.82) is 0 Å². The van der Waals surface area contributed by atoms with Crippen LogP contribution < -0.4 is 37.2 Å². The fourth-order valence-electron chi connectivity index (χ4n) is 7.14. The molecule has 2 saturated heterocycles. The molecular weight excluding hydrogens is 733 g/mol. The van der Waals surface area contributed by atoms with Crippen LogP contribution in [-0.4, -0.2) is 93.8 Å². The highest BCUT2D eigenvalue weighted by Gasteiger charge is 2.42. The van der Waals surface area contributed by atoms with Crippen LogP contribution in [-0.2, 0) is 35.2 Å². The van der Waals surface area contributed by atoms with Gasteiger partial charge in [-0.25, -0.2) is 0 Å². The van der Waals surface area contributed by atoms with E-state index in [4.69, 9.17) is 0 Å². The number of carbonyl (C=O) groups excluding carboxylic acids is 6. The molecule has 4 rings (SSSR count). The average Bonchev–Trinajstić information content (AvgIpc) is 3.76. The summed E-state index contributed by atoms with van der Waals surface area (Å²) in [5.41, 5.74) is 0.891. The number of carbonyl (C=O) groups is 6. The Morgan fingerprint density at radius 1 is 0.661 bits per heavy atom. The third-order valence-corrected chi connectivity index (χ3v) is 11.8. The lowest BCUT2D eigenvalue weighted by Gasteiger charge is -2.33. The van der Waals surface area contributed by atoms with E-state index in [0.29, 0.717) is 5.75 Å². The van der Waals surface area contributed by atoms with Crippen LogP contribution in [0.2, 0.25) is 0 Å². The Kier molecular flexibility index (Phi) is 15.0. The molecule has 2 aliphatic rings. The number of nitrogens with one attached hydrogen (secondary N) is 8. The fraction of sp³-hybridized carbons (Fsp3) is 0.659. The van der Waals surface area contributed by atoms with E-state index in [1.165, 1.54) is 11.8 Å². The topological polar surface area (TPSA) is 202 Å². The molecule has 56 heavy (non-hydrogen) atoms. The Hall–Kier alpha value is -4.11. The second-order valence-corrected chi connectivity index (χ2v) is 19.0. The molecule has 14 nitrogen and oxygen atoms in total. The molecule has 310 valence electrons. The van der Waals surface area contributed by atoms with Gasteiger partial charge >= 0.3 is 0 Å². The van der Waals surface area contributed by atoms with Crippen molar-refractivity contribution in [1.82, 2.24) is 42.2 Å². The summed E-state index contributed by atoms with van der Waals surface area (Å²) >= 11 is 1.50. The summed E-state index contributed by atoms with van der Waals surface area (Å²) < 4.78 is 0. The Morgan fingerprint density at radius 3 is 1.82 bits per heavy atom. The quantitative estimate of drug-likeness (QED) is 0.209. The molecule has 1 aromatic heterocycles. The molecule has 2 aliphatic heterocycles. The lowest BCUT2D eigenvalue weighted by Crippen LogP contribution is -2.62. The minimum Gasteiger partial charge on any atom is -0.361 e. The van der Waals surface area contributed by atoms with Gasteiger partial charge in [-0.1, -0.05) is 94.4 Å². The lowest BCUT2D eigenvalue weighted by atomic mass is 9.85. The van der Waals surface area contributed by atoms with Crippen molar-refractivity contribution in [3.8, 4) is 0 Å². The molecule has 0 radical (unpaired) electrons. The van der Waals surface area contributed by atoms with Crippen molar-refractivity contribution in [2.75, 3.05) is 5.75 Å². The first-order valence-electron chi connectivity index (χ1n) is 19.9. The third-order valence-electron chi connectivity index (χ3n) is 10.5. The maximum absolute atomic E-state index is 14.4. The van der Waals surface area contributed by atoms with Gasteiger partial charge < -0.3 is 36.9 Å². The number of fused-ring (bicyclic) bond motifs is 3. The van der Waals surface area contributed by atoms with Gasteiger partial charge in [-0.2, -0.15) is 0 Å². The molecule has 2 aromatic rings. The summed E-state index contributed by atoms with van der Waals surface area (Å²) in [5, 5.41) is 21.6. The van der Waals surface area contributed by atoms with Crippen LogP contribution in [0.1, 0.15) is 88.1 Å². The SMILES string of the molecule is CC(C)C[C@H]1NC(=O)[C@H](Cc2c[nH]c3ccccc23)NC(=O)[C@@H](C(C)(C)C)NC(=O)[C@@H]2CSC(N2)[C@H](C(C)C)NC(=O)[C@@H](C(C)C)NC(=O)[C@H](C(C)C)NC1=O. The number of H-pyrrole nitrogens is 1. The maximum atomic E-state index is 14.4. The number of para-hydroxylation sites is 1. The van der Waals surface area contributed by atoms with Crippen molar-refractivity contribution < 1.29 is 28.8 Å². The first-order chi connectivity index (χ1) is 26.2. The van der Waals surface area contributed by atoms with Crippen LogP contribution in [0.5, 0.6) is 0 Å². The van der Waals surface area contributed by atoms with E-state index in [2.05, 4.69) is 42.2 Å². The highest BCUT2D eigenvalue weighted by atomic mass is 32.2. The van der Waals surface area contributed by atoms with Crippen molar-refractivity contribution in [3.63, 3.8) is 0 Å². The van der Waals surface area contributed by atoms with Gasteiger partial charge in [0.15, 0.2) is 0 Å². The first-order valence-corrected chi connectivity index (χ1v) is 21.0. The number of amides is 6. The number of rotatable bonds is 7. The molecule has 8 N–H and O–H groups in total. The van der Waals surface area contributed by atoms with E-state index in [1.807, 2.05) is 86.6 Å². The van der Waals surface area contributed by atoms with E-state index in [-0.39, 0.29) is 53.7 Å². The number of aromatic nitrogens is 1. The summed E-state index contributed by atoms with van der Waals surface area (Å²) in [4.78, 5) is 87.7. The standard InChI is InChI=1S/C41H64N8O6S/c1-20(2)16-27-35(51)46-30(21(3)4)37(53)47-31(22(5)6)38(54)48-32(23(7)8)40-45-29(19-56-40)36(52)49-33(41(9,10)11)39(55)44-28(34(50)43-27)17-24-18-42-26-15-13-12-14-25(24)26/h12-15,18,20-23,27-33,40,42,45H,16-17,19H2,1-11H3,(H,43,50)(H,44,55)(H,46,51)(H,47,53)(H,48,54)(H,49,52)/t27-,28+,29+,30+,31-,32+,33+,40?/m1/s1. The zero-order valence-corrected chi connectivity index (χ0v) is 35.6. The van der Waals surface area contributed by atoms with Gasteiger partial charge in [0.25, 0.3) is 0 Å². The van der Waals surface area contributed by atoms with Crippen LogP contribution >= 0.6 is 11.8 Å². The summed E-state index contributed by atoms with van der Waals surface area (Å²) in [6.07, 6.45) is 2.14. The highest BCUT2D eigenvalue weighted by molar-refractivity contribution is 8.00. The largest absolute Gasteiger partial charge is 0.361 e. The third kappa shape index (κ3) is 11.3. The summed E-state index contributed by atoms with van der Waals surface area (Å²) in [5.74, 6) is -3.30. The van der Waals surface area contributed by atoms with Gasteiger partial charge in [0.2, 0.25) is 35.4 Å². The summed E-state index contributed by atoms with van der Waals surface area (Å²) in [6.45, 7) is 20.6. The predicted molar refractivity (Wildman–Crippen MR) is 220 cm³/mol. The molecule has 0 aliphatic carbocycles. The van der Waals surface area contributed by atoms with Crippen molar-refractivity contribution >= 4 is 58.1 Å². The van der Waals surface area contributed by atoms with Crippen LogP contribution in [0, 0.1) is 29.1 Å². The number of aromatic amines is 1. The molecule has 0 spiro atoms. The zero-order chi connectivity index (χ0) is 41.6. The summed E-state index contributed by atoms with van der Waals surface area (Å²) in [6, 6.07) is 1.42. The smallest absolute Gasteiger partial charge is 0.243 e. The number of hydrogen-bond donors (Lipinski definition) is 8. The molecule has 1 aromatic carbocycles. The molecule has 8 atom stereocenters. The van der Waals surface area contributed by atoms with E-state index in [0.717, 1.165) is 16.5 Å². The number of benzene rings is 1. The molecular formula is C41H64N8O6S. The van der Waals surface area contributed by atoms with E-state index < -0.39 is 71.3 Å². The van der Waals surface area contributed by atoms with Gasteiger partial charge in [0.05, 0.1) is 17.5 Å². The Balaban J connectivity index is 1.78. The van der Waals surface area contributed by atoms with Crippen LogP contribution in [0.3, 0.4) is 0 Å². The monoisotopic (exact) mass is 796 g/mol. The van der Waals surface area contributed by atoms with Gasteiger partial charge in [-0.05, 0) is 47.1 Å². The van der Waals surface area contributed by atoms with Gasteiger partial charge in [0, 0.05) is 29.3 Å². The zero-order valence-electron chi connectivity index (χ0n) is 34.8. The Morgan fingerprint density at radius 2 is 1.23 bits per heavy atom. The van der Waals surface area contributed by atoms with Crippen LogP contribution in [0.4, 0.5) is 0 Å². The second-order valence-electron chi connectivity index (χ2n) is 17.8. The van der Waals surface area contributed by atoms with Crippen LogP contribution in [0.25, 0.3) is 10.9 Å². The van der Waals surface area contributed by atoms with Crippen LogP contribution in [0.15, 0.2) is 30.5 Å². The Bertz CT molecular complexity index is 1740. The fourth-order valence-corrected chi connectivity index (χ4v) is 8.64. The first kappa shape index (κ1) is 44.6. The van der Waals surface area contributed by atoms with E-state index >= 15 is 0 Å². The van der Waals surface area contributed by atoms with Crippen molar-refractivity contribution in [3.05, 3.63) is 36.0 Å². The van der Waals surface area contributed by atoms with E-state index in [9.17, 15) is 28.8 Å². The van der Waals surface area contributed by atoms with Gasteiger partial charge in [-0.15, -0.1) is 11.8 Å². The molecule has 1 unspecified atom stereocenters. The molecule has 15 heteroatoms. The lowest BCUT2D eigenvalue weighted by molar-refractivity contribution is -0.136. The Labute approximate surface area is 335 Å². The van der Waals surface area contributed by atoms with Gasteiger partial charge in [0.1, 0.15) is 30.2 Å². The minimum absolute atomic E-state index is 0.0287. The molecule has 2 bridgehead atoms. The van der Waals surface area contributed by atoms with Crippen molar-refractivity contribution in [2.24, 2.45) is 29.1 Å². The number of hydrogen-bond acceptors (Lipinski definition) is 8. The molecule has 3 heterocycles.